The van der Waals surface area contributed by atoms with E-state index in [9.17, 15) is 9.90 Å². The van der Waals surface area contributed by atoms with Crippen molar-refractivity contribution in [1.29, 1.82) is 0 Å². The van der Waals surface area contributed by atoms with Crippen molar-refractivity contribution in [1.82, 2.24) is 19.7 Å². The number of pyridine rings is 1. The second-order valence-electron chi connectivity index (χ2n) is 7.39. The second kappa shape index (κ2) is 7.44. The van der Waals surface area contributed by atoms with Crippen molar-refractivity contribution in [3.8, 4) is 21.8 Å². The average molecular weight is 449 g/mol. The number of aliphatic carboxylic acids is 1. The van der Waals surface area contributed by atoms with Gasteiger partial charge in [-0.25, -0.2) is 4.98 Å². The van der Waals surface area contributed by atoms with Gasteiger partial charge in [0.05, 0.1) is 40.2 Å². The molecule has 0 unspecified atom stereocenters. The van der Waals surface area contributed by atoms with E-state index in [1.165, 1.54) is 11.3 Å². The Kier molecular flexibility index (Phi) is 4.72. The first-order valence-electron chi connectivity index (χ1n) is 9.59. The first kappa shape index (κ1) is 19.7. The zero-order valence-electron chi connectivity index (χ0n) is 16.8. The Morgan fingerprint density at radius 2 is 1.97 bits per heavy atom. The van der Waals surface area contributed by atoms with Gasteiger partial charge in [-0.15, -0.1) is 11.3 Å². The number of carboxylic acid groups (broad SMARTS) is 1. The van der Waals surface area contributed by atoms with Gasteiger partial charge in [-0.3, -0.25) is 14.5 Å². The molecule has 0 bridgehead atoms. The molecule has 154 valence electrons. The highest BCUT2D eigenvalue weighted by Crippen LogP contribution is 2.41. The van der Waals surface area contributed by atoms with Crippen molar-refractivity contribution in [2.75, 3.05) is 0 Å². The van der Waals surface area contributed by atoms with Crippen molar-refractivity contribution >= 4 is 50.0 Å². The molecule has 5 aromatic rings. The van der Waals surface area contributed by atoms with E-state index in [1.54, 1.807) is 10.9 Å². The Balaban J connectivity index is 1.75. The molecule has 0 fully saturated rings. The number of benzene rings is 2. The van der Waals surface area contributed by atoms with Crippen LogP contribution in [0, 0.1) is 6.92 Å². The third-order valence-electron chi connectivity index (χ3n) is 5.32. The summed E-state index contributed by atoms with van der Waals surface area (Å²) in [5.74, 6) is -0.869. The van der Waals surface area contributed by atoms with Crippen molar-refractivity contribution in [3.63, 3.8) is 0 Å². The molecule has 3 aromatic heterocycles. The van der Waals surface area contributed by atoms with Crippen molar-refractivity contribution in [3.05, 3.63) is 64.9 Å². The fourth-order valence-electron chi connectivity index (χ4n) is 3.81. The number of thiazole rings is 1. The molecule has 3 heterocycles. The molecule has 2 aromatic carbocycles. The predicted octanol–water partition coefficient (Wildman–Crippen LogP) is 5.50. The number of fused-ring (bicyclic) bond motifs is 2. The Labute approximate surface area is 186 Å². The van der Waals surface area contributed by atoms with Gasteiger partial charge in [0.25, 0.3) is 0 Å². The van der Waals surface area contributed by atoms with Crippen molar-refractivity contribution < 1.29 is 9.90 Å². The molecule has 6 nitrogen and oxygen atoms in total. The fraction of sp³-hybridized carbons (Fsp3) is 0.130. The Morgan fingerprint density at radius 1 is 1.19 bits per heavy atom. The highest BCUT2D eigenvalue weighted by Gasteiger charge is 2.20. The molecule has 0 aliphatic heterocycles. The fourth-order valence-corrected chi connectivity index (χ4v) is 5.04. The maximum Gasteiger partial charge on any atom is 0.307 e. The van der Waals surface area contributed by atoms with Crippen LogP contribution in [-0.2, 0) is 18.3 Å². The Hall–Kier alpha value is -3.29. The average Bonchev–Trinajstić information content (AvgIpc) is 3.32. The molecule has 5 rings (SSSR count). The minimum atomic E-state index is -0.869. The number of aryl methyl sites for hydroxylation is 2. The van der Waals surface area contributed by atoms with Crippen molar-refractivity contribution in [2.45, 2.75) is 13.3 Å². The van der Waals surface area contributed by atoms with E-state index in [1.807, 2.05) is 56.6 Å². The molecule has 0 radical (unpaired) electrons. The summed E-state index contributed by atoms with van der Waals surface area (Å²) in [4.78, 5) is 21.0. The lowest BCUT2D eigenvalue weighted by atomic mass is 9.93. The van der Waals surface area contributed by atoms with E-state index in [0.29, 0.717) is 5.02 Å². The van der Waals surface area contributed by atoms with Crippen molar-refractivity contribution in [2.24, 2.45) is 7.05 Å². The summed E-state index contributed by atoms with van der Waals surface area (Å²) in [6, 6.07) is 11.4. The number of rotatable bonds is 4. The highest BCUT2D eigenvalue weighted by atomic mass is 35.5. The molecular formula is C23H17ClN4O2S. The third kappa shape index (κ3) is 3.45. The predicted molar refractivity (Wildman–Crippen MR) is 124 cm³/mol. The molecule has 8 heteroatoms. The summed E-state index contributed by atoms with van der Waals surface area (Å²) in [5, 5.41) is 16.2. The van der Waals surface area contributed by atoms with E-state index >= 15 is 0 Å². The van der Waals surface area contributed by atoms with E-state index in [2.05, 4.69) is 10.1 Å². The number of carboxylic acids is 1. The highest BCUT2D eigenvalue weighted by molar-refractivity contribution is 7.22. The number of hydrogen-bond donors (Lipinski definition) is 1. The van der Waals surface area contributed by atoms with Gasteiger partial charge in [0.2, 0.25) is 0 Å². The topological polar surface area (TPSA) is 80.9 Å². The normalized spacial score (nSPS) is 11.5. The largest absolute Gasteiger partial charge is 0.481 e. The van der Waals surface area contributed by atoms with Crippen LogP contribution in [0.3, 0.4) is 0 Å². The van der Waals surface area contributed by atoms with Gasteiger partial charge in [-0.05, 0) is 47.9 Å². The van der Waals surface area contributed by atoms with Gasteiger partial charge in [0.1, 0.15) is 5.01 Å². The van der Waals surface area contributed by atoms with Crippen LogP contribution in [-0.4, -0.2) is 30.8 Å². The quantitative estimate of drug-likeness (QED) is 0.392. The van der Waals surface area contributed by atoms with Crippen LogP contribution in [0.5, 0.6) is 0 Å². The smallest absolute Gasteiger partial charge is 0.307 e. The van der Waals surface area contributed by atoms with Crippen LogP contribution in [0.15, 0.2) is 48.8 Å². The molecule has 0 amide bonds. The Morgan fingerprint density at radius 3 is 2.71 bits per heavy atom. The maximum absolute atomic E-state index is 11.6. The van der Waals surface area contributed by atoms with Gasteiger partial charge in [0, 0.05) is 23.0 Å². The lowest BCUT2D eigenvalue weighted by Crippen LogP contribution is -2.04. The standard InChI is InChI=1S/C23H17ClN4O2S/c1-12-7-17-22(21(16(12)9-20(29)30)13-3-5-15(24)6-4-13)31-23(27-17)18-8-14-10-26-28(2)19(14)11-25-18/h3-8,10-11H,9H2,1-2H3,(H,29,30). The maximum atomic E-state index is 11.6. The number of nitrogens with zero attached hydrogens (tertiary/aromatic N) is 4. The molecule has 0 saturated carbocycles. The van der Waals surface area contributed by atoms with Gasteiger partial charge in [-0.2, -0.15) is 5.10 Å². The van der Waals surface area contributed by atoms with Crippen LogP contribution in [0.2, 0.25) is 5.02 Å². The summed E-state index contributed by atoms with van der Waals surface area (Å²) in [7, 11) is 1.88. The van der Waals surface area contributed by atoms with E-state index in [0.717, 1.165) is 54.1 Å². The third-order valence-corrected chi connectivity index (χ3v) is 6.69. The van der Waals surface area contributed by atoms with E-state index in [4.69, 9.17) is 16.6 Å². The number of halogens is 1. The van der Waals surface area contributed by atoms with Gasteiger partial charge in [0.15, 0.2) is 0 Å². The first-order chi connectivity index (χ1) is 14.9. The summed E-state index contributed by atoms with van der Waals surface area (Å²) >= 11 is 7.60. The van der Waals surface area contributed by atoms with Gasteiger partial charge < -0.3 is 5.11 Å². The molecule has 0 aliphatic rings. The SMILES string of the molecule is Cc1cc2nc(-c3cc4cnn(C)c4cn3)sc2c(-c2ccc(Cl)cc2)c1CC(=O)O. The molecule has 0 saturated heterocycles. The van der Waals surface area contributed by atoms with Crippen LogP contribution >= 0.6 is 22.9 Å². The number of hydrogen-bond acceptors (Lipinski definition) is 5. The minimum Gasteiger partial charge on any atom is -0.481 e. The summed E-state index contributed by atoms with van der Waals surface area (Å²) < 4.78 is 2.72. The first-order valence-corrected chi connectivity index (χ1v) is 10.8. The zero-order valence-corrected chi connectivity index (χ0v) is 18.3. The molecule has 0 spiro atoms. The van der Waals surface area contributed by atoms with Gasteiger partial charge in [-0.1, -0.05) is 23.7 Å². The molecule has 31 heavy (non-hydrogen) atoms. The van der Waals surface area contributed by atoms with Gasteiger partial charge >= 0.3 is 5.97 Å². The molecule has 0 aliphatic carbocycles. The second-order valence-corrected chi connectivity index (χ2v) is 8.82. The number of aromatic nitrogens is 4. The van der Waals surface area contributed by atoms with Crippen LogP contribution < -0.4 is 0 Å². The minimum absolute atomic E-state index is 0.0626. The number of carbonyl (C=O) groups is 1. The van der Waals surface area contributed by atoms with Crippen LogP contribution in [0.4, 0.5) is 0 Å². The lowest BCUT2D eigenvalue weighted by Gasteiger charge is -2.13. The van der Waals surface area contributed by atoms with Crippen LogP contribution in [0.1, 0.15) is 11.1 Å². The van der Waals surface area contributed by atoms with E-state index in [-0.39, 0.29) is 6.42 Å². The summed E-state index contributed by atoms with van der Waals surface area (Å²) in [6.45, 7) is 1.93. The molecular weight excluding hydrogens is 432 g/mol. The summed E-state index contributed by atoms with van der Waals surface area (Å²) in [6.07, 6.45) is 3.54. The summed E-state index contributed by atoms with van der Waals surface area (Å²) in [5.41, 5.74) is 6.03. The molecule has 1 N–H and O–H groups in total. The lowest BCUT2D eigenvalue weighted by molar-refractivity contribution is -0.136. The molecule has 0 atom stereocenters. The zero-order chi connectivity index (χ0) is 21.7. The van der Waals surface area contributed by atoms with E-state index < -0.39 is 5.97 Å². The monoisotopic (exact) mass is 448 g/mol. The van der Waals surface area contributed by atoms with Crippen LogP contribution in [0.25, 0.3) is 42.9 Å². The Bertz CT molecular complexity index is 1470.